The van der Waals surface area contributed by atoms with Crippen molar-refractivity contribution >= 4 is 26.0 Å². The second-order valence-electron chi connectivity index (χ2n) is 9.26. The van der Waals surface area contributed by atoms with Crippen molar-refractivity contribution in [3.63, 3.8) is 0 Å². The summed E-state index contributed by atoms with van der Waals surface area (Å²) in [5, 5.41) is 2.61. The normalized spacial score (nSPS) is 26.0. The Kier molecular flexibility index (Phi) is 8.77. The molecule has 0 radical (unpaired) electrons. The van der Waals surface area contributed by atoms with E-state index in [0.29, 0.717) is 19.6 Å². The first-order valence-electron chi connectivity index (χ1n) is 10.2. The van der Waals surface area contributed by atoms with E-state index in [9.17, 15) is 19.3 Å². The summed E-state index contributed by atoms with van der Waals surface area (Å²) in [6, 6.07) is 0. The first-order valence-corrected chi connectivity index (χ1v) is 11.9. The van der Waals surface area contributed by atoms with Gasteiger partial charge in [0, 0.05) is 0 Å². The third-order valence-electron chi connectivity index (χ3n) is 4.70. The number of nitrogens with one attached hydrogen (secondary N) is 1. The van der Waals surface area contributed by atoms with Crippen LogP contribution in [0.2, 0.25) is 0 Å². The molecule has 2 N–H and O–H groups in total. The molecule has 2 heterocycles. The molecule has 31 heavy (non-hydrogen) atoms. The molecule has 0 spiro atoms. The minimum absolute atomic E-state index is 0.00710. The van der Waals surface area contributed by atoms with E-state index < -0.39 is 49.7 Å². The van der Waals surface area contributed by atoms with Crippen LogP contribution in [0.1, 0.15) is 47.5 Å². The van der Waals surface area contributed by atoms with E-state index in [2.05, 4.69) is 5.32 Å². The van der Waals surface area contributed by atoms with E-state index >= 15 is 0 Å². The van der Waals surface area contributed by atoms with Crippen LogP contribution in [0, 0.1) is 10.8 Å². The number of hydrogen-bond donors (Lipinski definition) is 2. The second kappa shape index (κ2) is 10.5. The summed E-state index contributed by atoms with van der Waals surface area (Å²) >= 11 is 0. The van der Waals surface area contributed by atoms with Gasteiger partial charge in [-0.3, -0.25) is 0 Å². The fraction of sp³-hybridized carbons (Fsp3) is 0.842. The Morgan fingerprint density at radius 2 is 1.97 bits per heavy atom. The van der Waals surface area contributed by atoms with Crippen molar-refractivity contribution in [1.29, 1.82) is 0 Å². The third-order valence-corrected chi connectivity index (χ3v) is 6.22. The monoisotopic (exact) mass is 467 g/mol. The van der Waals surface area contributed by atoms with Crippen LogP contribution in [-0.2, 0) is 42.2 Å². The van der Waals surface area contributed by atoms with Gasteiger partial charge in [0.2, 0.25) is 0 Å². The summed E-state index contributed by atoms with van der Waals surface area (Å²) in [5.74, 6) is -1.48. The predicted molar refractivity (Wildman–Crippen MR) is 110 cm³/mol. The van der Waals surface area contributed by atoms with Crippen LogP contribution in [-0.4, -0.2) is 68.1 Å². The molecule has 2 saturated heterocycles. The van der Waals surface area contributed by atoms with Crippen LogP contribution in [0.25, 0.3) is 0 Å². The Morgan fingerprint density at radius 1 is 1.26 bits per heavy atom. The van der Waals surface area contributed by atoms with Gasteiger partial charge in [-0.2, -0.15) is 0 Å². The van der Waals surface area contributed by atoms with Crippen LogP contribution in [0.5, 0.6) is 0 Å². The Bertz CT molecular complexity index is 659. The number of carbonyl (C=O) groups is 3. The first kappa shape index (κ1) is 25.9. The van der Waals surface area contributed by atoms with Crippen molar-refractivity contribution in [1.82, 2.24) is 5.32 Å². The molecule has 1 unspecified atom stereocenters. The molecule has 2 aliphatic rings. The molecule has 2 aliphatic heterocycles. The maximum absolute atomic E-state index is 12.6. The first-order chi connectivity index (χ1) is 14.3. The Morgan fingerprint density at radius 3 is 2.58 bits per heavy atom. The van der Waals surface area contributed by atoms with Crippen LogP contribution < -0.4 is 5.32 Å². The Labute approximate surface area is 182 Å². The van der Waals surface area contributed by atoms with E-state index in [0.717, 1.165) is 0 Å². The average Bonchev–Trinajstić information content (AvgIpc) is 3.16. The van der Waals surface area contributed by atoms with Gasteiger partial charge in [-0.25, -0.2) is 0 Å². The van der Waals surface area contributed by atoms with Gasteiger partial charge in [0.25, 0.3) is 0 Å². The molecular formula is C19H34NO10P. The molecule has 2 atom stereocenters. The number of esters is 2. The second-order valence-corrected chi connectivity index (χ2v) is 11.1. The fourth-order valence-electron chi connectivity index (χ4n) is 2.78. The molecule has 180 valence electrons. The predicted octanol–water partition coefficient (Wildman–Crippen LogP) is 1.23. The zero-order valence-electron chi connectivity index (χ0n) is 18.7. The quantitative estimate of drug-likeness (QED) is 0.304. The Balaban J connectivity index is 1.82. The number of rotatable bonds is 8. The Hall–Kier alpha value is -1.36. The minimum atomic E-state index is -4.21. The van der Waals surface area contributed by atoms with Crippen molar-refractivity contribution in [2.75, 3.05) is 33.2 Å². The summed E-state index contributed by atoms with van der Waals surface area (Å²) in [6.45, 7) is 8.92. The van der Waals surface area contributed by atoms with Crippen LogP contribution in [0.3, 0.4) is 0 Å². The topological polar surface area (TPSA) is 139 Å². The van der Waals surface area contributed by atoms with E-state index in [-0.39, 0.29) is 25.7 Å². The molecule has 0 aliphatic carbocycles. The van der Waals surface area contributed by atoms with Gasteiger partial charge in [-0.15, -0.1) is 0 Å². The summed E-state index contributed by atoms with van der Waals surface area (Å²) < 4.78 is 31.3. The van der Waals surface area contributed by atoms with Crippen molar-refractivity contribution in [3.05, 3.63) is 0 Å². The van der Waals surface area contributed by atoms with Crippen molar-refractivity contribution < 1.29 is 47.1 Å². The van der Waals surface area contributed by atoms with Crippen molar-refractivity contribution in [3.8, 4) is 0 Å². The average molecular weight is 467 g/mol. The maximum atomic E-state index is 12.6. The third kappa shape index (κ3) is 7.93. The fourth-order valence-corrected chi connectivity index (χ4v) is 4.49. The van der Waals surface area contributed by atoms with Crippen LogP contribution >= 0.6 is 8.17 Å². The van der Waals surface area contributed by atoms with Crippen LogP contribution in [0.15, 0.2) is 0 Å². The van der Waals surface area contributed by atoms with Gasteiger partial charge in [0.05, 0.1) is 0 Å². The summed E-state index contributed by atoms with van der Waals surface area (Å²) in [5.41, 5.74) is -1.51. The van der Waals surface area contributed by atoms with Gasteiger partial charge in [-0.05, 0) is 0 Å². The molecule has 0 aromatic rings. The molecule has 11 nitrogen and oxygen atoms in total. The van der Waals surface area contributed by atoms with E-state index in [1.807, 2.05) is 0 Å². The summed E-state index contributed by atoms with van der Waals surface area (Å²) in [7, 11) is -4.21. The zero-order valence-corrected chi connectivity index (χ0v) is 19.7. The van der Waals surface area contributed by atoms with Gasteiger partial charge < -0.3 is 0 Å². The van der Waals surface area contributed by atoms with E-state index in [1.165, 1.54) is 0 Å². The molecular weight excluding hydrogens is 433 g/mol. The number of ether oxygens (including phenoxy) is 3. The van der Waals surface area contributed by atoms with Gasteiger partial charge in [0.1, 0.15) is 0 Å². The molecule has 2 fully saturated rings. The summed E-state index contributed by atoms with van der Waals surface area (Å²) in [4.78, 5) is 46.8. The van der Waals surface area contributed by atoms with E-state index in [1.54, 1.807) is 34.6 Å². The molecule has 2 rings (SSSR count). The van der Waals surface area contributed by atoms with Crippen molar-refractivity contribution in [2.24, 2.45) is 10.8 Å². The molecule has 12 heteroatoms. The van der Waals surface area contributed by atoms with Crippen LogP contribution in [0.4, 0.5) is 0 Å². The number of hydrogen-bond acceptors (Lipinski definition) is 10. The molecule has 0 saturated carbocycles. The molecule has 1 amide bonds. The van der Waals surface area contributed by atoms with Crippen molar-refractivity contribution in [2.45, 2.75) is 59.7 Å². The molecule has 0 aromatic heterocycles. The van der Waals surface area contributed by atoms with Gasteiger partial charge >= 0.3 is 182 Å². The van der Waals surface area contributed by atoms with Gasteiger partial charge in [-0.1, -0.05) is 0 Å². The summed E-state index contributed by atoms with van der Waals surface area (Å²) in [6.07, 6.45) is -0.675. The number of carbonyl (C=O) groups excluding carboxylic acids is 3. The standard InChI is InChI=1S/C19H34NO10P/c1-18(2,3)17(23)26-12-28-31(24)27-11-19(4,5)15(30-31)16(22)20-8-6-14(21)29-13-7-9-25-10-13/h13,15,24,31H,6-12H2,1-5H3,(H,20,22)/t13?,15-/m0/s1. The van der Waals surface area contributed by atoms with Gasteiger partial charge in [0.15, 0.2) is 0 Å². The molecule has 0 bridgehead atoms. The SMILES string of the molecule is CC(C)(C)C(=O)OCO[PH]1(O)OCC(C)(C)[C@H](C(=O)NCCC(=O)OC2CCOC2)O1. The zero-order chi connectivity index (χ0) is 23.3. The van der Waals surface area contributed by atoms with E-state index in [4.69, 9.17) is 27.8 Å². The number of amides is 1. The molecule has 0 aromatic carbocycles.